The highest BCUT2D eigenvalue weighted by atomic mass is 35.5. The van der Waals surface area contributed by atoms with Gasteiger partial charge in [-0.15, -0.1) is 11.3 Å². The van der Waals surface area contributed by atoms with Gasteiger partial charge in [-0.05, 0) is 49.9 Å². The summed E-state index contributed by atoms with van der Waals surface area (Å²) in [7, 11) is -3.79. The van der Waals surface area contributed by atoms with Crippen molar-refractivity contribution in [2.45, 2.75) is 20.3 Å². The Morgan fingerprint density at radius 2 is 2.07 bits per heavy atom. The van der Waals surface area contributed by atoms with Gasteiger partial charge in [0, 0.05) is 11.4 Å². The van der Waals surface area contributed by atoms with Crippen LogP contribution in [0.15, 0.2) is 35.7 Å². The normalized spacial score (nSPS) is 17.9. The summed E-state index contributed by atoms with van der Waals surface area (Å²) in [6, 6.07) is 8.13. The van der Waals surface area contributed by atoms with E-state index in [1.165, 1.54) is 18.2 Å². The minimum absolute atomic E-state index is 0.124. The third-order valence-electron chi connectivity index (χ3n) is 4.25. The summed E-state index contributed by atoms with van der Waals surface area (Å²) in [5, 5.41) is 4.93. The molecule has 1 aromatic carbocycles. The second kappa shape index (κ2) is 7.26. The molecule has 0 bridgehead atoms. The summed E-state index contributed by atoms with van der Waals surface area (Å²) < 4.78 is 25.6. The molecule has 1 aliphatic heterocycles. The van der Waals surface area contributed by atoms with Gasteiger partial charge in [0.1, 0.15) is 0 Å². The molecule has 0 spiro atoms. The maximum absolute atomic E-state index is 12.5. The maximum Gasteiger partial charge on any atom is 0.252 e. The van der Waals surface area contributed by atoms with Gasteiger partial charge in [0.2, 0.25) is 15.9 Å². The Balaban J connectivity index is 1.82. The fraction of sp³-hybridized carbons (Fsp3) is 0.333. The van der Waals surface area contributed by atoms with Crippen molar-refractivity contribution in [1.29, 1.82) is 0 Å². The van der Waals surface area contributed by atoms with Crippen molar-refractivity contribution in [2.24, 2.45) is 5.41 Å². The number of nitrogens with zero attached hydrogens (tertiary/aromatic N) is 1. The molecule has 0 saturated carbocycles. The number of anilines is 1. The van der Waals surface area contributed by atoms with E-state index in [4.69, 9.17) is 11.6 Å². The SMILES string of the molecule is CC1(C)CS(=O)(=O)N(c2ccc(Cl)c(C(=O)NCCc3cccs3)c2)C1=O. The van der Waals surface area contributed by atoms with Crippen LogP contribution < -0.4 is 9.62 Å². The van der Waals surface area contributed by atoms with E-state index in [1.807, 2.05) is 17.5 Å². The lowest BCUT2D eigenvalue weighted by Gasteiger charge is -2.18. The van der Waals surface area contributed by atoms with E-state index in [9.17, 15) is 18.0 Å². The first-order valence-electron chi connectivity index (χ1n) is 8.29. The molecule has 144 valence electrons. The molecule has 3 rings (SSSR count). The monoisotopic (exact) mass is 426 g/mol. The van der Waals surface area contributed by atoms with Crippen LogP contribution in [0.5, 0.6) is 0 Å². The van der Waals surface area contributed by atoms with Gasteiger partial charge in [-0.25, -0.2) is 12.7 Å². The van der Waals surface area contributed by atoms with Crippen LogP contribution in [0.1, 0.15) is 29.1 Å². The third kappa shape index (κ3) is 4.02. The van der Waals surface area contributed by atoms with E-state index in [0.717, 1.165) is 9.18 Å². The second-order valence-electron chi connectivity index (χ2n) is 6.96. The summed E-state index contributed by atoms with van der Waals surface area (Å²) >= 11 is 7.73. The van der Waals surface area contributed by atoms with E-state index < -0.39 is 27.3 Å². The highest BCUT2D eigenvalue weighted by Crippen LogP contribution is 2.36. The van der Waals surface area contributed by atoms with Gasteiger partial charge in [-0.1, -0.05) is 17.7 Å². The van der Waals surface area contributed by atoms with Crippen LogP contribution in [0.3, 0.4) is 0 Å². The number of carbonyl (C=O) groups excluding carboxylic acids is 2. The van der Waals surface area contributed by atoms with Crippen molar-refractivity contribution < 1.29 is 18.0 Å². The van der Waals surface area contributed by atoms with Crippen molar-refractivity contribution in [3.63, 3.8) is 0 Å². The number of thiophene rings is 1. The predicted molar refractivity (Wildman–Crippen MR) is 107 cm³/mol. The first-order valence-corrected chi connectivity index (χ1v) is 11.2. The molecule has 1 aromatic heterocycles. The molecule has 2 amide bonds. The summed E-state index contributed by atoms with van der Waals surface area (Å²) in [6.45, 7) is 3.59. The van der Waals surface area contributed by atoms with Gasteiger partial charge < -0.3 is 5.32 Å². The average molecular weight is 427 g/mol. The molecule has 0 aliphatic carbocycles. The van der Waals surface area contributed by atoms with Gasteiger partial charge >= 0.3 is 0 Å². The number of nitrogens with one attached hydrogen (secondary N) is 1. The van der Waals surface area contributed by atoms with Crippen molar-refractivity contribution in [3.05, 3.63) is 51.2 Å². The topological polar surface area (TPSA) is 83.6 Å². The van der Waals surface area contributed by atoms with Crippen LogP contribution in [-0.2, 0) is 21.2 Å². The fourth-order valence-electron chi connectivity index (χ4n) is 2.92. The van der Waals surface area contributed by atoms with Crippen LogP contribution in [0.4, 0.5) is 5.69 Å². The minimum Gasteiger partial charge on any atom is -0.352 e. The molecular weight excluding hydrogens is 408 g/mol. The zero-order chi connectivity index (χ0) is 19.8. The molecule has 27 heavy (non-hydrogen) atoms. The Hall–Kier alpha value is -1.90. The number of benzene rings is 1. The summed E-state index contributed by atoms with van der Waals surface area (Å²) in [5.41, 5.74) is -0.756. The lowest BCUT2D eigenvalue weighted by molar-refractivity contribution is -0.123. The minimum atomic E-state index is -3.79. The van der Waals surface area contributed by atoms with Gasteiger partial charge in [0.15, 0.2) is 0 Å². The van der Waals surface area contributed by atoms with Gasteiger partial charge in [-0.3, -0.25) is 9.59 Å². The van der Waals surface area contributed by atoms with E-state index in [-0.39, 0.29) is 22.0 Å². The van der Waals surface area contributed by atoms with Crippen LogP contribution in [0, 0.1) is 5.41 Å². The Labute approximate surface area is 167 Å². The van der Waals surface area contributed by atoms with Crippen LogP contribution in [-0.4, -0.2) is 32.5 Å². The molecule has 2 heterocycles. The first-order chi connectivity index (χ1) is 12.6. The largest absolute Gasteiger partial charge is 0.352 e. The smallest absolute Gasteiger partial charge is 0.252 e. The van der Waals surface area contributed by atoms with Gasteiger partial charge in [0.05, 0.1) is 27.4 Å². The Kier molecular flexibility index (Phi) is 5.33. The first kappa shape index (κ1) is 19.9. The zero-order valence-corrected chi connectivity index (χ0v) is 17.2. The Morgan fingerprint density at radius 1 is 1.33 bits per heavy atom. The number of carbonyl (C=O) groups is 2. The van der Waals surface area contributed by atoms with Crippen LogP contribution in [0.25, 0.3) is 0 Å². The van der Waals surface area contributed by atoms with Crippen molar-refractivity contribution in [1.82, 2.24) is 5.32 Å². The average Bonchev–Trinajstić information content (AvgIpc) is 3.13. The lowest BCUT2D eigenvalue weighted by atomic mass is 9.95. The Bertz CT molecular complexity index is 985. The number of hydrogen-bond acceptors (Lipinski definition) is 5. The molecule has 0 unspecified atom stereocenters. The van der Waals surface area contributed by atoms with Crippen molar-refractivity contribution >= 4 is 50.5 Å². The van der Waals surface area contributed by atoms with Crippen LogP contribution in [0.2, 0.25) is 5.02 Å². The van der Waals surface area contributed by atoms with Gasteiger partial charge in [-0.2, -0.15) is 0 Å². The predicted octanol–water partition coefficient (Wildman–Crippen LogP) is 3.08. The Morgan fingerprint density at radius 3 is 2.67 bits per heavy atom. The molecule has 1 N–H and O–H groups in total. The fourth-order valence-corrected chi connectivity index (χ4v) is 5.94. The summed E-state index contributed by atoms with van der Waals surface area (Å²) in [5.74, 6) is -1.21. The van der Waals surface area contributed by atoms with Crippen molar-refractivity contribution in [2.75, 3.05) is 16.6 Å². The summed E-state index contributed by atoms with van der Waals surface area (Å²) in [6.07, 6.45) is 0.688. The third-order valence-corrected chi connectivity index (χ3v) is 7.54. The number of sulfonamides is 1. The highest BCUT2D eigenvalue weighted by molar-refractivity contribution is 7.94. The zero-order valence-electron chi connectivity index (χ0n) is 14.9. The molecule has 1 fully saturated rings. The standard InChI is InChI=1S/C18H19ClN2O4S2/c1-18(2)11-27(24,25)21(17(18)23)12-5-6-15(19)14(10-12)16(22)20-8-7-13-4-3-9-26-13/h3-6,9-10H,7-8,11H2,1-2H3,(H,20,22). The molecule has 0 atom stereocenters. The maximum atomic E-state index is 12.5. The number of amides is 2. The molecular formula is C18H19ClN2O4S2. The quantitative estimate of drug-likeness (QED) is 0.796. The molecule has 1 saturated heterocycles. The molecule has 2 aromatic rings. The molecule has 1 aliphatic rings. The van der Waals surface area contributed by atoms with E-state index >= 15 is 0 Å². The van der Waals surface area contributed by atoms with E-state index in [0.29, 0.717) is 13.0 Å². The number of hydrogen-bond donors (Lipinski definition) is 1. The van der Waals surface area contributed by atoms with Crippen molar-refractivity contribution in [3.8, 4) is 0 Å². The van der Waals surface area contributed by atoms with Gasteiger partial charge in [0.25, 0.3) is 5.91 Å². The van der Waals surface area contributed by atoms with E-state index in [2.05, 4.69) is 5.32 Å². The number of rotatable bonds is 5. The summed E-state index contributed by atoms with van der Waals surface area (Å²) in [4.78, 5) is 26.2. The van der Waals surface area contributed by atoms with E-state index in [1.54, 1.807) is 25.2 Å². The lowest BCUT2D eigenvalue weighted by Crippen LogP contribution is -2.33. The number of halogens is 1. The second-order valence-corrected chi connectivity index (χ2v) is 10.2. The molecule has 0 radical (unpaired) electrons. The molecule has 9 heteroatoms. The highest BCUT2D eigenvalue weighted by Gasteiger charge is 2.50. The molecule has 6 nitrogen and oxygen atoms in total. The van der Waals surface area contributed by atoms with Crippen LogP contribution >= 0.6 is 22.9 Å².